The SMILES string of the molecule is CNC(=O)CCCNC(=O)c1ccc(-c2ccccc2C#N)nc1NCCc1cccc(F)c1. The maximum atomic E-state index is 13.5. The predicted octanol–water partition coefficient (Wildman–Crippen LogP) is 3.67. The third-order valence-corrected chi connectivity index (χ3v) is 5.20. The molecule has 174 valence electrons. The largest absolute Gasteiger partial charge is 0.369 e. The van der Waals surface area contributed by atoms with Crippen LogP contribution in [0.3, 0.4) is 0 Å². The molecule has 0 aliphatic heterocycles. The van der Waals surface area contributed by atoms with Crippen LogP contribution in [0.15, 0.2) is 60.7 Å². The Balaban J connectivity index is 1.79. The molecule has 3 aromatic rings. The summed E-state index contributed by atoms with van der Waals surface area (Å²) < 4.78 is 13.5. The van der Waals surface area contributed by atoms with Crippen LogP contribution in [0.25, 0.3) is 11.3 Å². The van der Waals surface area contributed by atoms with Crippen LogP contribution in [0.2, 0.25) is 0 Å². The number of aromatic nitrogens is 1. The van der Waals surface area contributed by atoms with Crippen LogP contribution in [0.5, 0.6) is 0 Å². The molecule has 0 aliphatic rings. The van der Waals surface area contributed by atoms with E-state index in [2.05, 4.69) is 27.0 Å². The molecule has 0 saturated heterocycles. The number of benzene rings is 2. The molecule has 2 amide bonds. The Labute approximate surface area is 198 Å². The molecule has 8 heteroatoms. The molecule has 0 spiro atoms. The van der Waals surface area contributed by atoms with E-state index in [-0.39, 0.29) is 17.6 Å². The fraction of sp³-hybridized carbons (Fsp3) is 0.231. The van der Waals surface area contributed by atoms with Gasteiger partial charge in [-0.25, -0.2) is 9.37 Å². The molecule has 0 fully saturated rings. The Hall–Kier alpha value is -4.25. The lowest BCUT2D eigenvalue weighted by Gasteiger charge is -2.14. The van der Waals surface area contributed by atoms with Gasteiger partial charge in [0.1, 0.15) is 11.6 Å². The molecule has 3 rings (SSSR count). The molecule has 2 aromatic carbocycles. The van der Waals surface area contributed by atoms with Gasteiger partial charge in [0.15, 0.2) is 0 Å². The second kappa shape index (κ2) is 12.1. The number of hydrogen-bond acceptors (Lipinski definition) is 5. The lowest BCUT2D eigenvalue weighted by molar-refractivity contribution is -0.120. The Kier molecular flexibility index (Phi) is 8.69. The smallest absolute Gasteiger partial charge is 0.255 e. The highest BCUT2D eigenvalue weighted by molar-refractivity contribution is 5.99. The van der Waals surface area contributed by atoms with E-state index in [0.29, 0.717) is 60.6 Å². The first-order chi connectivity index (χ1) is 16.5. The zero-order valence-corrected chi connectivity index (χ0v) is 18.9. The molecule has 0 radical (unpaired) electrons. The van der Waals surface area contributed by atoms with Crippen molar-refractivity contribution in [1.82, 2.24) is 15.6 Å². The van der Waals surface area contributed by atoms with Gasteiger partial charge < -0.3 is 16.0 Å². The maximum Gasteiger partial charge on any atom is 0.255 e. The van der Waals surface area contributed by atoms with Gasteiger partial charge in [-0.05, 0) is 48.7 Å². The molecule has 0 atom stereocenters. The quantitative estimate of drug-likeness (QED) is 0.401. The number of nitrogens with one attached hydrogen (secondary N) is 3. The fourth-order valence-electron chi connectivity index (χ4n) is 3.42. The molecule has 7 nitrogen and oxygen atoms in total. The number of pyridine rings is 1. The second-order valence-corrected chi connectivity index (χ2v) is 7.59. The minimum absolute atomic E-state index is 0.0869. The summed E-state index contributed by atoms with van der Waals surface area (Å²) in [5.41, 5.74) is 2.86. The van der Waals surface area contributed by atoms with Crippen molar-refractivity contribution < 1.29 is 14.0 Å². The molecule has 0 bridgehead atoms. The maximum absolute atomic E-state index is 13.5. The third-order valence-electron chi connectivity index (χ3n) is 5.20. The van der Waals surface area contributed by atoms with Crippen LogP contribution in [0.1, 0.15) is 34.3 Å². The molecular formula is C26H26FN5O2. The first kappa shape index (κ1) is 24.4. The molecule has 0 unspecified atom stereocenters. The number of rotatable bonds is 10. The molecule has 0 saturated carbocycles. The average Bonchev–Trinajstić information content (AvgIpc) is 2.86. The van der Waals surface area contributed by atoms with Gasteiger partial charge in [-0.3, -0.25) is 9.59 Å². The van der Waals surface area contributed by atoms with E-state index < -0.39 is 0 Å². The topological polar surface area (TPSA) is 107 Å². The lowest BCUT2D eigenvalue weighted by Crippen LogP contribution is -2.27. The van der Waals surface area contributed by atoms with Crippen LogP contribution in [0, 0.1) is 17.1 Å². The van der Waals surface area contributed by atoms with E-state index >= 15 is 0 Å². The highest BCUT2D eigenvalue weighted by atomic mass is 19.1. The van der Waals surface area contributed by atoms with E-state index in [1.165, 1.54) is 12.1 Å². The van der Waals surface area contributed by atoms with E-state index in [9.17, 15) is 19.2 Å². The summed E-state index contributed by atoms with van der Waals surface area (Å²) >= 11 is 0. The number of anilines is 1. The van der Waals surface area contributed by atoms with Gasteiger partial charge in [0.2, 0.25) is 5.91 Å². The molecule has 34 heavy (non-hydrogen) atoms. The first-order valence-electron chi connectivity index (χ1n) is 11.0. The predicted molar refractivity (Wildman–Crippen MR) is 129 cm³/mol. The van der Waals surface area contributed by atoms with E-state index in [1.54, 1.807) is 43.4 Å². The molecular weight excluding hydrogens is 433 g/mol. The van der Waals surface area contributed by atoms with Crippen molar-refractivity contribution in [3.8, 4) is 17.3 Å². The van der Waals surface area contributed by atoms with Crippen LogP contribution < -0.4 is 16.0 Å². The van der Waals surface area contributed by atoms with Crippen LogP contribution in [-0.2, 0) is 11.2 Å². The fourth-order valence-corrected chi connectivity index (χ4v) is 3.42. The van der Waals surface area contributed by atoms with Gasteiger partial charge in [0.05, 0.1) is 22.9 Å². The van der Waals surface area contributed by atoms with Gasteiger partial charge in [0, 0.05) is 32.1 Å². The van der Waals surface area contributed by atoms with Gasteiger partial charge in [-0.15, -0.1) is 0 Å². The monoisotopic (exact) mass is 459 g/mol. The standard InChI is InChI=1S/C26H26FN5O2/c1-29-24(33)10-5-14-31-26(34)22-11-12-23(21-9-3-2-7-19(21)17-28)32-25(22)30-15-13-18-6-4-8-20(27)16-18/h2-4,6-9,11-12,16H,5,10,13-15H2,1H3,(H,29,33)(H,30,32)(H,31,34). The summed E-state index contributed by atoms with van der Waals surface area (Å²) in [5, 5.41) is 18.0. The number of nitrogens with zero attached hydrogens (tertiary/aromatic N) is 2. The Bertz CT molecular complexity index is 1210. The van der Waals surface area contributed by atoms with Crippen LogP contribution in [-0.4, -0.2) is 36.9 Å². The number of nitriles is 1. The number of hydrogen-bond donors (Lipinski definition) is 3. The zero-order valence-electron chi connectivity index (χ0n) is 18.9. The highest BCUT2D eigenvalue weighted by Crippen LogP contribution is 2.25. The van der Waals surface area contributed by atoms with Crippen LogP contribution >= 0.6 is 0 Å². The molecule has 1 aromatic heterocycles. The van der Waals surface area contributed by atoms with E-state index in [1.807, 2.05) is 12.1 Å². The van der Waals surface area contributed by atoms with Crippen molar-refractivity contribution in [3.63, 3.8) is 0 Å². The number of amides is 2. The van der Waals surface area contributed by atoms with Gasteiger partial charge in [-0.2, -0.15) is 5.26 Å². The van der Waals surface area contributed by atoms with E-state index in [4.69, 9.17) is 0 Å². The summed E-state index contributed by atoms with van der Waals surface area (Å²) in [5.74, 6) is -0.345. The minimum Gasteiger partial charge on any atom is -0.369 e. The summed E-state index contributed by atoms with van der Waals surface area (Å²) in [6.45, 7) is 0.769. The Morgan fingerprint density at radius 3 is 2.65 bits per heavy atom. The molecule has 3 N–H and O–H groups in total. The van der Waals surface area contributed by atoms with Crippen molar-refractivity contribution in [3.05, 3.63) is 83.2 Å². The average molecular weight is 460 g/mol. The molecule has 0 aliphatic carbocycles. The third kappa shape index (κ3) is 6.62. The second-order valence-electron chi connectivity index (χ2n) is 7.59. The lowest BCUT2D eigenvalue weighted by atomic mass is 10.0. The summed E-state index contributed by atoms with van der Waals surface area (Å²) in [6, 6.07) is 19.0. The van der Waals surface area contributed by atoms with Gasteiger partial charge in [-0.1, -0.05) is 30.3 Å². The van der Waals surface area contributed by atoms with Gasteiger partial charge >= 0.3 is 0 Å². The van der Waals surface area contributed by atoms with Crippen molar-refractivity contribution >= 4 is 17.6 Å². The summed E-state index contributed by atoms with van der Waals surface area (Å²) in [7, 11) is 1.57. The summed E-state index contributed by atoms with van der Waals surface area (Å²) in [4.78, 5) is 28.8. The van der Waals surface area contributed by atoms with Crippen molar-refractivity contribution in [2.75, 3.05) is 25.5 Å². The van der Waals surface area contributed by atoms with Crippen LogP contribution in [0.4, 0.5) is 10.2 Å². The zero-order chi connectivity index (χ0) is 24.3. The molecule has 1 heterocycles. The van der Waals surface area contributed by atoms with Crippen molar-refractivity contribution in [2.24, 2.45) is 0 Å². The number of carbonyl (C=O) groups excluding carboxylic acids is 2. The number of halogens is 1. The Morgan fingerprint density at radius 1 is 1.06 bits per heavy atom. The van der Waals surface area contributed by atoms with E-state index in [0.717, 1.165) is 5.56 Å². The first-order valence-corrected chi connectivity index (χ1v) is 11.0. The minimum atomic E-state index is -0.321. The Morgan fingerprint density at radius 2 is 1.88 bits per heavy atom. The van der Waals surface area contributed by atoms with Crippen molar-refractivity contribution in [2.45, 2.75) is 19.3 Å². The normalized spacial score (nSPS) is 10.3. The highest BCUT2D eigenvalue weighted by Gasteiger charge is 2.15. The van der Waals surface area contributed by atoms with Gasteiger partial charge in [0.25, 0.3) is 5.91 Å². The van der Waals surface area contributed by atoms with Crippen molar-refractivity contribution in [1.29, 1.82) is 5.26 Å². The summed E-state index contributed by atoms with van der Waals surface area (Å²) in [6.07, 6.45) is 1.36. The number of carbonyl (C=O) groups is 2.